The number of benzene rings is 2. The van der Waals surface area contributed by atoms with Gasteiger partial charge in [-0.15, -0.1) is 5.10 Å². The van der Waals surface area contributed by atoms with Crippen molar-refractivity contribution in [2.75, 3.05) is 16.8 Å². The molecule has 0 saturated carbocycles. The highest BCUT2D eigenvalue weighted by Crippen LogP contribution is 2.32. The molecule has 0 unspecified atom stereocenters. The van der Waals surface area contributed by atoms with Crippen LogP contribution in [0.4, 0.5) is 31.9 Å². The summed E-state index contributed by atoms with van der Waals surface area (Å²) >= 11 is 0. The lowest BCUT2D eigenvalue weighted by Gasteiger charge is -2.17. The van der Waals surface area contributed by atoms with E-state index in [1.807, 2.05) is 23.1 Å². The van der Waals surface area contributed by atoms with Crippen LogP contribution in [0.3, 0.4) is 0 Å². The molecule has 0 spiro atoms. The minimum atomic E-state index is -0.693. The summed E-state index contributed by atoms with van der Waals surface area (Å²) in [6.07, 6.45) is 2.22. The van der Waals surface area contributed by atoms with Crippen molar-refractivity contribution < 1.29 is 8.78 Å². The average molecular weight is 325 g/mol. The first kappa shape index (κ1) is 14.5. The minimum Gasteiger partial charge on any atom is -0.334 e. The van der Waals surface area contributed by atoms with E-state index in [1.165, 1.54) is 30.0 Å². The van der Waals surface area contributed by atoms with Gasteiger partial charge in [0, 0.05) is 12.2 Å². The number of rotatable bonds is 3. The molecule has 0 saturated heterocycles. The summed E-state index contributed by atoms with van der Waals surface area (Å²) in [5.74, 6) is -0.765. The van der Waals surface area contributed by atoms with E-state index in [1.54, 1.807) is 0 Å². The zero-order chi connectivity index (χ0) is 16.5. The molecule has 7 heteroatoms. The smallest absolute Gasteiger partial charge is 0.251 e. The van der Waals surface area contributed by atoms with Gasteiger partial charge in [-0.05, 0) is 30.2 Å². The number of hydrogen-bond donors (Lipinski definition) is 1. The molecule has 0 radical (unpaired) electrons. The van der Waals surface area contributed by atoms with Crippen LogP contribution in [0.5, 0.6) is 0 Å². The molecule has 5 nitrogen and oxygen atoms in total. The number of nitrogens with zero attached hydrogens (tertiary/aromatic N) is 4. The molecule has 0 atom stereocenters. The number of fused-ring (bicyclic) bond motifs is 1. The Kier molecular flexibility index (Phi) is 3.53. The van der Waals surface area contributed by atoms with Crippen LogP contribution in [0, 0.1) is 11.6 Å². The lowest BCUT2D eigenvalue weighted by molar-refractivity contribution is 0.590. The van der Waals surface area contributed by atoms with Gasteiger partial charge in [-0.25, -0.2) is 8.78 Å². The van der Waals surface area contributed by atoms with Gasteiger partial charge in [0.05, 0.1) is 6.20 Å². The summed E-state index contributed by atoms with van der Waals surface area (Å²) in [6, 6.07) is 11.6. The van der Waals surface area contributed by atoms with Crippen LogP contribution in [0.1, 0.15) is 5.56 Å². The van der Waals surface area contributed by atoms with E-state index in [9.17, 15) is 8.78 Å². The Balaban J connectivity index is 1.66. The highest BCUT2D eigenvalue weighted by atomic mass is 19.1. The number of halogens is 2. The molecule has 1 aliphatic heterocycles. The Hall–Kier alpha value is -3.09. The van der Waals surface area contributed by atoms with Crippen molar-refractivity contribution in [3.8, 4) is 0 Å². The third-order valence-corrected chi connectivity index (χ3v) is 3.89. The maximum Gasteiger partial charge on any atom is 0.251 e. The van der Waals surface area contributed by atoms with Crippen molar-refractivity contribution in [2.45, 2.75) is 6.42 Å². The first-order valence-corrected chi connectivity index (χ1v) is 7.48. The van der Waals surface area contributed by atoms with E-state index < -0.39 is 11.6 Å². The minimum absolute atomic E-state index is 0.230. The third kappa shape index (κ3) is 2.54. The standard InChI is InChI=1S/C17H13F2N5/c18-12-5-3-6-13(19)16(12)21-15-10-20-23-17(22-15)24-9-8-11-4-1-2-7-14(11)24/h1-7,10H,8-9H2,(H,21,22,23). The predicted molar refractivity (Wildman–Crippen MR) is 86.6 cm³/mol. The van der Waals surface area contributed by atoms with Crippen LogP contribution < -0.4 is 10.2 Å². The molecular weight excluding hydrogens is 312 g/mol. The van der Waals surface area contributed by atoms with Crippen molar-refractivity contribution in [1.29, 1.82) is 0 Å². The summed E-state index contributed by atoms with van der Waals surface area (Å²) in [6.45, 7) is 0.735. The molecule has 0 amide bonds. The maximum absolute atomic E-state index is 13.8. The Labute approximate surface area is 137 Å². The molecule has 1 aliphatic rings. The number of nitrogens with one attached hydrogen (secondary N) is 1. The van der Waals surface area contributed by atoms with Gasteiger partial charge in [0.15, 0.2) is 5.82 Å². The van der Waals surface area contributed by atoms with Crippen LogP contribution >= 0.6 is 0 Å². The fourth-order valence-electron chi connectivity index (χ4n) is 2.76. The van der Waals surface area contributed by atoms with Crippen molar-refractivity contribution in [1.82, 2.24) is 15.2 Å². The van der Waals surface area contributed by atoms with Gasteiger partial charge in [0.2, 0.25) is 0 Å². The quantitative estimate of drug-likeness (QED) is 0.797. The van der Waals surface area contributed by atoms with Crippen molar-refractivity contribution in [2.24, 2.45) is 0 Å². The van der Waals surface area contributed by atoms with Crippen LogP contribution in [0.15, 0.2) is 48.7 Å². The number of aromatic nitrogens is 3. The summed E-state index contributed by atoms with van der Waals surface area (Å²) < 4.78 is 27.5. The first-order valence-electron chi connectivity index (χ1n) is 7.48. The zero-order valence-electron chi connectivity index (χ0n) is 12.6. The van der Waals surface area contributed by atoms with Gasteiger partial charge in [0.25, 0.3) is 5.95 Å². The van der Waals surface area contributed by atoms with Crippen molar-refractivity contribution >= 4 is 23.1 Å². The van der Waals surface area contributed by atoms with Crippen LogP contribution in [-0.2, 0) is 6.42 Å². The van der Waals surface area contributed by atoms with Gasteiger partial charge in [-0.1, -0.05) is 24.3 Å². The van der Waals surface area contributed by atoms with Gasteiger partial charge < -0.3 is 10.2 Å². The molecule has 2 heterocycles. The van der Waals surface area contributed by atoms with Crippen molar-refractivity contribution in [3.63, 3.8) is 0 Å². The number of para-hydroxylation sites is 2. The largest absolute Gasteiger partial charge is 0.334 e. The fourth-order valence-corrected chi connectivity index (χ4v) is 2.76. The maximum atomic E-state index is 13.8. The van der Waals surface area contributed by atoms with Gasteiger partial charge in [-0.3, -0.25) is 0 Å². The molecule has 3 aromatic rings. The first-order chi connectivity index (χ1) is 11.7. The van der Waals surface area contributed by atoms with Crippen LogP contribution in [0.2, 0.25) is 0 Å². The summed E-state index contributed by atoms with van der Waals surface area (Å²) in [5.41, 5.74) is 1.97. The van der Waals surface area contributed by atoms with E-state index in [4.69, 9.17) is 0 Å². The van der Waals surface area contributed by atoms with E-state index in [2.05, 4.69) is 26.6 Å². The SMILES string of the molecule is Fc1cccc(F)c1Nc1cnnc(N2CCc3ccccc32)n1. The summed E-state index contributed by atoms with van der Waals surface area (Å²) in [4.78, 5) is 6.27. The normalized spacial score (nSPS) is 13.0. The van der Waals surface area contributed by atoms with Crippen LogP contribution in [0.25, 0.3) is 0 Å². The second kappa shape index (κ2) is 5.84. The Morgan fingerprint density at radius 1 is 1.00 bits per heavy atom. The second-order valence-electron chi connectivity index (χ2n) is 5.39. The molecule has 0 aliphatic carbocycles. The average Bonchev–Trinajstić information content (AvgIpc) is 3.03. The van der Waals surface area contributed by atoms with Gasteiger partial charge in [0.1, 0.15) is 17.3 Å². The highest BCUT2D eigenvalue weighted by Gasteiger charge is 2.22. The Morgan fingerprint density at radius 2 is 1.79 bits per heavy atom. The molecule has 120 valence electrons. The van der Waals surface area contributed by atoms with E-state index in [0.717, 1.165) is 18.7 Å². The zero-order valence-corrected chi connectivity index (χ0v) is 12.6. The Morgan fingerprint density at radius 3 is 2.62 bits per heavy atom. The molecular formula is C17H13F2N5. The lowest BCUT2D eigenvalue weighted by Crippen LogP contribution is -2.17. The van der Waals surface area contributed by atoms with Crippen LogP contribution in [-0.4, -0.2) is 21.7 Å². The number of hydrogen-bond acceptors (Lipinski definition) is 5. The van der Waals surface area contributed by atoms with E-state index in [-0.39, 0.29) is 11.5 Å². The Bertz CT molecular complexity index is 879. The molecule has 0 fully saturated rings. The van der Waals surface area contributed by atoms with Gasteiger partial charge in [-0.2, -0.15) is 10.1 Å². The summed E-state index contributed by atoms with van der Waals surface area (Å²) in [5, 5.41) is 10.6. The second-order valence-corrected chi connectivity index (χ2v) is 5.39. The lowest BCUT2D eigenvalue weighted by atomic mass is 10.2. The van der Waals surface area contributed by atoms with Gasteiger partial charge >= 0.3 is 0 Å². The third-order valence-electron chi connectivity index (χ3n) is 3.89. The van der Waals surface area contributed by atoms with Crippen molar-refractivity contribution in [3.05, 3.63) is 65.9 Å². The molecule has 4 rings (SSSR count). The topological polar surface area (TPSA) is 53.9 Å². The molecule has 2 aromatic carbocycles. The predicted octanol–water partition coefficient (Wildman–Crippen LogP) is 3.59. The molecule has 24 heavy (non-hydrogen) atoms. The van der Waals surface area contributed by atoms with E-state index >= 15 is 0 Å². The fraction of sp³-hybridized carbons (Fsp3) is 0.118. The molecule has 1 N–H and O–H groups in total. The van der Waals surface area contributed by atoms with E-state index in [0.29, 0.717) is 5.95 Å². The highest BCUT2D eigenvalue weighted by molar-refractivity contribution is 5.66. The monoisotopic (exact) mass is 325 g/mol. The molecule has 0 bridgehead atoms. The number of anilines is 4. The summed E-state index contributed by atoms with van der Waals surface area (Å²) in [7, 11) is 0. The molecule has 1 aromatic heterocycles.